The summed E-state index contributed by atoms with van der Waals surface area (Å²) in [6.45, 7) is 3.66. The van der Waals surface area contributed by atoms with E-state index in [1.165, 1.54) is 5.56 Å². The van der Waals surface area contributed by atoms with Crippen LogP contribution in [0.5, 0.6) is 11.5 Å². The van der Waals surface area contributed by atoms with Crippen molar-refractivity contribution in [2.24, 2.45) is 0 Å². The van der Waals surface area contributed by atoms with Gasteiger partial charge in [0.2, 0.25) is 5.91 Å². The zero-order valence-electron chi connectivity index (χ0n) is 19.2. The Morgan fingerprint density at radius 2 is 1.62 bits per heavy atom. The summed E-state index contributed by atoms with van der Waals surface area (Å²) in [5, 5.41) is 14.8. The van der Waals surface area contributed by atoms with Gasteiger partial charge in [-0.05, 0) is 43.0 Å². The van der Waals surface area contributed by atoms with Gasteiger partial charge in [-0.3, -0.25) is 9.69 Å². The number of hydrogen-bond donors (Lipinski definition) is 2. The maximum absolute atomic E-state index is 12.3. The second kappa shape index (κ2) is 12.0. The van der Waals surface area contributed by atoms with E-state index in [2.05, 4.69) is 23.1 Å². The molecule has 2 aromatic carbocycles. The van der Waals surface area contributed by atoms with Crippen molar-refractivity contribution in [1.82, 2.24) is 4.90 Å². The van der Waals surface area contributed by atoms with E-state index in [1.807, 2.05) is 35.2 Å². The second-order valence-electron chi connectivity index (χ2n) is 8.14. The van der Waals surface area contributed by atoms with E-state index in [-0.39, 0.29) is 12.0 Å². The number of carbonyl (C=O) groups is 3. The normalized spacial score (nSPS) is 16.1. The van der Waals surface area contributed by atoms with E-state index < -0.39 is 11.9 Å². The molecule has 1 amide bonds. The summed E-state index contributed by atoms with van der Waals surface area (Å²) >= 11 is 0. The van der Waals surface area contributed by atoms with Gasteiger partial charge < -0.3 is 24.6 Å². The lowest BCUT2D eigenvalue weighted by Gasteiger charge is -2.39. The minimum absolute atomic E-state index is 0.204. The van der Waals surface area contributed by atoms with Crippen LogP contribution in [0.4, 0.5) is 5.69 Å². The van der Waals surface area contributed by atoms with Gasteiger partial charge in [0.25, 0.3) is 0 Å². The van der Waals surface area contributed by atoms with Crippen LogP contribution in [0.2, 0.25) is 0 Å². The highest BCUT2D eigenvalue weighted by Gasteiger charge is 2.29. The summed E-state index contributed by atoms with van der Waals surface area (Å²) in [4.78, 5) is 34.9. The van der Waals surface area contributed by atoms with Gasteiger partial charge >= 0.3 is 11.9 Å². The first-order valence-corrected chi connectivity index (χ1v) is 11.3. The van der Waals surface area contributed by atoms with Crippen LogP contribution in [0.15, 0.2) is 48.5 Å². The number of carbonyl (C=O) groups excluding carboxylic acids is 1. The molecule has 0 saturated carbocycles. The van der Waals surface area contributed by atoms with E-state index in [4.69, 9.17) is 29.3 Å². The van der Waals surface area contributed by atoms with Crippen LogP contribution < -0.4 is 14.4 Å². The zero-order chi connectivity index (χ0) is 24.5. The molecule has 2 aromatic rings. The molecule has 9 heteroatoms. The second-order valence-corrected chi connectivity index (χ2v) is 8.14. The predicted octanol–water partition coefficient (Wildman–Crippen LogP) is 2.67. The van der Waals surface area contributed by atoms with Crippen molar-refractivity contribution in [3.05, 3.63) is 54.1 Å². The van der Waals surface area contributed by atoms with Crippen LogP contribution in [0.25, 0.3) is 0 Å². The molecule has 34 heavy (non-hydrogen) atoms. The number of aliphatic carboxylic acids is 2. The van der Waals surface area contributed by atoms with Crippen molar-refractivity contribution in [2.45, 2.75) is 31.8 Å². The number of likely N-dealkylation sites (tertiary alicyclic amines) is 1. The fourth-order valence-corrected chi connectivity index (χ4v) is 4.00. The largest absolute Gasteiger partial charge is 0.493 e. The molecule has 2 fully saturated rings. The molecule has 2 aliphatic heterocycles. The number of piperidine rings is 1. The highest BCUT2D eigenvalue weighted by molar-refractivity contribution is 6.27. The number of carboxylic acids is 2. The minimum Gasteiger partial charge on any atom is -0.493 e. The number of amides is 1. The van der Waals surface area contributed by atoms with Crippen molar-refractivity contribution in [3.63, 3.8) is 0 Å². The number of para-hydroxylation sites is 3. The monoisotopic (exact) mass is 470 g/mol. The summed E-state index contributed by atoms with van der Waals surface area (Å²) in [7, 11) is 1.67. The molecule has 2 aliphatic rings. The fraction of sp³-hybridized carbons (Fsp3) is 0.400. The van der Waals surface area contributed by atoms with Crippen molar-refractivity contribution < 1.29 is 34.1 Å². The van der Waals surface area contributed by atoms with Gasteiger partial charge in [-0.2, -0.15) is 0 Å². The Kier molecular flexibility index (Phi) is 8.86. The Balaban J connectivity index is 0.000000481. The van der Waals surface area contributed by atoms with Crippen LogP contribution in [-0.2, 0) is 20.8 Å². The van der Waals surface area contributed by atoms with Crippen LogP contribution in [0, 0.1) is 0 Å². The fourth-order valence-electron chi connectivity index (χ4n) is 4.00. The molecule has 0 spiro atoms. The lowest BCUT2D eigenvalue weighted by atomic mass is 10.0. The van der Waals surface area contributed by atoms with Gasteiger partial charge in [0.1, 0.15) is 6.10 Å². The number of methoxy groups -OCH3 is 1. The van der Waals surface area contributed by atoms with E-state index in [1.54, 1.807) is 7.11 Å². The molecule has 9 nitrogen and oxygen atoms in total. The maximum Gasteiger partial charge on any atom is 0.414 e. The molecule has 2 heterocycles. The molecule has 0 unspecified atom stereocenters. The number of rotatable bonds is 7. The topological polar surface area (TPSA) is 117 Å². The summed E-state index contributed by atoms with van der Waals surface area (Å²) in [5.74, 6) is -1.80. The summed E-state index contributed by atoms with van der Waals surface area (Å²) in [6, 6.07) is 16.1. The number of anilines is 1. The standard InChI is InChI=1S/C23H28N2O3.C2H2O4/c1-27-21-10-4-5-11-22(21)28-19-16-24(17-19)15-13-18-8-2-3-9-20(18)25-14-7-6-12-23(25)26;3-1(4)2(5)6/h2-5,8-11,19H,6-7,12-17H2,1H3;(H,3,4)(H,5,6). The van der Waals surface area contributed by atoms with Gasteiger partial charge in [0, 0.05) is 38.3 Å². The smallest absolute Gasteiger partial charge is 0.414 e. The van der Waals surface area contributed by atoms with Crippen LogP contribution >= 0.6 is 0 Å². The van der Waals surface area contributed by atoms with Gasteiger partial charge in [0.15, 0.2) is 11.5 Å². The van der Waals surface area contributed by atoms with Crippen molar-refractivity contribution in [1.29, 1.82) is 0 Å². The lowest BCUT2D eigenvalue weighted by Crippen LogP contribution is -2.54. The first-order valence-electron chi connectivity index (χ1n) is 11.3. The van der Waals surface area contributed by atoms with E-state index in [0.29, 0.717) is 6.42 Å². The zero-order valence-corrected chi connectivity index (χ0v) is 19.2. The Morgan fingerprint density at radius 3 is 2.26 bits per heavy atom. The number of hydrogen-bond acceptors (Lipinski definition) is 6. The minimum atomic E-state index is -1.82. The summed E-state index contributed by atoms with van der Waals surface area (Å²) in [5.41, 5.74) is 2.35. The quantitative estimate of drug-likeness (QED) is 0.594. The number of ether oxygens (including phenoxy) is 2. The SMILES string of the molecule is COc1ccccc1OC1CN(CCc2ccccc2N2CCCCC2=O)C1.O=C(O)C(=O)O. The van der Waals surface area contributed by atoms with Crippen LogP contribution in [0.3, 0.4) is 0 Å². The first-order chi connectivity index (χ1) is 16.4. The van der Waals surface area contributed by atoms with E-state index in [0.717, 1.165) is 62.6 Å². The average Bonchev–Trinajstić information content (AvgIpc) is 2.81. The van der Waals surface area contributed by atoms with E-state index >= 15 is 0 Å². The molecule has 0 atom stereocenters. The molecular weight excluding hydrogens is 440 g/mol. The van der Waals surface area contributed by atoms with Gasteiger partial charge in [-0.1, -0.05) is 30.3 Å². The Hall–Kier alpha value is -3.59. The third-order valence-electron chi connectivity index (χ3n) is 5.77. The molecular formula is C25H30N2O7. The number of nitrogens with zero attached hydrogens (tertiary/aromatic N) is 2. The predicted molar refractivity (Wildman–Crippen MR) is 125 cm³/mol. The summed E-state index contributed by atoms with van der Waals surface area (Å²) in [6.07, 6.45) is 3.92. The number of benzene rings is 2. The first kappa shape index (κ1) is 25.0. The lowest BCUT2D eigenvalue weighted by molar-refractivity contribution is -0.159. The Morgan fingerprint density at radius 1 is 0.971 bits per heavy atom. The molecule has 0 bridgehead atoms. The molecule has 0 aromatic heterocycles. The Labute approximate surface area is 198 Å². The number of carboxylic acid groups (broad SMARTS) is 2. The Bertz CT molecular complexity index is 992. The van der Waals surface area contributed by atoms with E-state index in [9.17, 15) is 4.79 Å². The molecule has 182 valence electrons. The van der Waals surface area contributed by atoms with Crippen LogP contribution in [0.1, 0.15) is 24.8 Å². The highest BCUT2D eigenvalue weighted by atomic mass is 16.5. The molecule has 4 rings (SSSR count). The van der Waals surface area contributed by atoms with Crippen molar-refractivity contribution in [3.8, 4) is 11.5 Å². The molecule has 2 N–H and O–H groups in total. The van der Waals surface area contributed by atoms with Gasteiger partial charge in [-0.25, -0.2) is 9.59 Å². The third kappa shape index (κ3) is 6.71. The maximum atomic E-state index is 12.3. The average molecular weight is 471 g/mol. The van der Waals surface area contributed by atoms with Gasteiger partial charge in [0.05, 0.1) is 7.11 Å². The summed E-state index contributed by atoms with van der Waals surface area (Å²) < 4.78 is 11.4. The van der Waals surface area contributed by atoms with Crippen LogP contribution in [-0.4, -0.2) is 72.4 Å². The molecule has 0 radical (unpaired) electrons. The van der Waals surface area contributed by atoms with Gasteiger partial charge in [-0.15, -0.1) is 0 Å². The third-order valence-corrected chi connectivity index (χ3v) is 5.77. The molecule has 0 aliphatic carbocycles. The van der Waals surface area contributed by atoms with Crippen molar-refractivity contribution in [2.75, 3.05) is 38.2 Å². The van der Waals surface area contributed by atoms with Crippen molar-refractivity contribution >= 4 is 23.5 Å². The highest BCUT2D eigenvalue weighted by Crippen LogP contribution is 2.29. The molecule has 2 saturated heterocycles.